The van der Waals surface area contributed by atoms with Gasteiger partial charge in [0.25, 0.3) is 10.0 Å². The average molecular weight is 191 g/mol. The van der Waals surface area contributed by atoms with Gasteiger partial charge >= 0.3 is 0 Å². The van der Waals surface area contributed by atoms with Crippen molar-refractivity contribution in [2.75, 3.05) is 6.26 Å². The van der Waals surface area contributed by atoms with Gasteiger partial charge in [-0.3, -0.25) is 0 Å². The molecule has 0 radical (unpaired) electrons. The summed E-state index contributed by atoms with van der Waals surface area (Å²) in [7, 11) is -3.39. The summed E-state index contributed by atoms with van der Waals surface area (Å²) in [5.74, 6) is 0. The zero-order valence-corrected chi connectivity index (χ0v) is 8.00. The number of sulfonamides is 1. The average Bonchev–Trinajstić information content (AvgIpc) is 1.96. The Hall–Kier alpha value is -0.780. The standard InChI is InChI=1S/C6H13N3O2S/c1-3-4-6(5-7)8-9-12(2,10)11/h5-7H,3-4H2,1-2H3. The molecule has 5 nitrogen and oxygen atoms in total. The van der Waals surface area contributed by atoms with Gasteiger partial charge in [-0.2, -0.15) is 5.11 Å². The molecule has 1 N–H and O–H groups in total. The van der Waals surface area contributed by atoms with E-state index < -0.39 is 16.1 Å². The van der Waals surface area contributed by atoms with E-state index in [2.05, 4.69) is 9.63 Å². The van der Waals surface area contributed by atoms with E-state index in [0.717, 1.165) is 18.9 Å². The van der Waals surface area contributed by atoms with Crippen molar-refractivity contribution < 1.29 is 8.42 Å². The van der Waals surface area contributed by atoms with Crippen LogP contribution in [0.1, 0.15) is 19.8 Å². The normalized spacial score (nSPS) is 14.8. The monoisotopic (exact) mass is 191 g/mol. The zero-order chi connectivity index (χ0) is 9.61. The molecule has 0 aromatic heterocycles. The van der Waals surface area contributed by atoms with Crippen LogP contribution in [-0.2, 0) is 10.0 Å². The fourth-order valence-corrected chi connectivity index (χ4v) is 0.909. The van der Waals surface area contributed by atoms with Crippen molar-refractivity contribution >= 4 is 16.2 Å². The van der Waals surface area contributed by atoms with Gasteiger partial charge in [0.15, 0.2) is 0 Å². The highest BCUT2D eigenvalue weighted by Crippen LogP contribution is 2.00. The van der Waals surface area contributed by atoms with Crippen LogP contribution in [0.25, 0.3) is 0 Å². The molecule has 70 valence electrons. The summed E-state index contributed by atoms with van der Waals surface area (Å²) in [6.07, 6.45) is 3.58. The van der Waals surface area contributed by atoms with Crippen LogP contribution in [0.2, 0.25) is 0 Å². The lowest BCUT2D eigenvalue weighted by molar-refractivity contribution is 0.597. The van der Waals surface area contributed by atoms with Crippen LogP contribution in [0, 0.1) is 5.41 Å². The summed E-state index contributed by atoms with van der Waals surface area (Å²) < 4.78 is 24.1. The first kappa shape index (κ1) is 11.2. The van der Waals surface area contributed by atoms with Gasteiger partial charge in [-0.15, -0.1) is 0 Å². The number of hydrogen-bond acceptors (Lipinski definition) is 4. The second-order valence-corrected chi connectivity index (χ2v) is 4.08. The molecule has 0 amide bonds. The molecule has 0 rings (SSSR count). The predicted octanol–water partition coefficient (Wildman–Crippen LogP) is 1.22. The molecule has 1 unspecified atom stereocenters. The van der Waals surface area contributed by atoms with E-state index in [1.807, 2.05) is 6.92 Å². The molecule has 0 aromatic rings. The topological polar surface area (TPSA) is 82.7 Å². The maximum absolute atomic E-state index is 10.5. The van der Waals surface area contributed by atoms with Gasteiger partial charge in [-0.1, -0.05) is 17.9 Å². The molecule has 0 aliphatic carbocycles. The van der Waals surface area contributed by atoms with Crippen LogP contribution >= 0.6 is 0 Å². The van der Waals surface area contributed by atoms with Crippen LogP contribution < -0.4 is 0 Å². The third kappa shape index (κ3) is 5.96. The first-order valence-electron chi connectivity index (χ1n) is 3.62. The number of nitrogens with one attached hydrogen (secondary N) is 1. The highest BCUT2D eigenvalue weighted by atomic mass is 32.2. The smallest absolute Gasteiger partial charge is 0.267 e. The number of hydrogen-bond donors (Lipinski definition) is 1. The molecule has 0 heterocycles. The summed E-state index contributed by atoms with van der Waals surface area (Å²) in [4.78, 5) is 0. The van der Waals surface area contributed by atoms with Gasteiger partial charge in [0.2, 0.25) is 0 Å². The molecule has 12 heavy (non-hydrogen) atoms. The van der Waals surface area contributed by atoms with Gasteiger partial charge in [0, 0.05) is 6.21 Å². The van der Waals surface area contributed by atoms with Gasteiger partial charge in [0.1, 0.15) is 6.04 Å². The van der Waals surface area contributed by atoms with Crippen LogP contribution in [-0.4, -0.2) is 26.9 Å². The molecule has 0 spiro atoms. The Morgan fingerprint density at radius 1 is 1.58 bits per heavy atom. The molecule has 0 saturated heterocycles. The van der Waals surface area contributed by atoms with Crippen LogP contribution in [0.4, 0.5) is 0 Å². The fourth-order valence-electron chi connectivity index (χ4n) is 0.616. The lowest BCUT2D eigenvalue weighted by Gasteiger charge is -1.99. The lowest BCUT2D eigenvalue weighted by atomic mass is 10.2. The summed E-state index contributed by atoms with van der Waals surface area (Å²) in [6.45, 7) is 1.94. The minimum atomic E-state index is -3.39. The molecule has 0 aromatic carbocycles. The Balaban J connectivity index is 4.20. The van der Waals surface area contributed by atoms with E-state index >= 15 is 0 Å². The van der Waals surface area contributed by atoms with Crippen LogP contribution in [0.15, 0.2) is 9.63 Å². The van der Waals surface area contributed by atoms with Crippen molar-refractivity contribution in [2.45, 2.75) is 25.8 Å². The summed E-state index contributed by atoms with van der Waals surface area (Å²) in [6, 6.07) is -0.398. The third-order valence-electron chi connectivity index (χ3n) is 1.12. The van der Waals surface area contributed by atoms with Crippen molar-refractivity contribution in [2.24, 2.45) is 9.63 Å². The molecular formula is C6H13N3O2S. The van der Waals surface area contributed by atoms with Crippen LogP contribution in [0.3, 0.4) is 0 Å². The van der Waals surface area contributed by atoms with E-state index in [1.165, 1.54) is 0 Å². The first-order valence-corrected chi connectivity index (χ1v) is 5.47. The molecule has 1 atom stereocenters. The fraction of sp³-hybridized carbons (Fsp3) is 0.833. The van der Waals surface area contributed by atoms with Crippen molar-refractivity contribution in [3.8, 4) is 0 Å². The lowest BCUT2D eigenvalue weighted by Crippen LogP contribution is -2.04. The van der Waals surface area contributed by atoms with Crippen LogP contribution in [0.5, 0.6) is 0 Å². The quantitative estimate of drug-likeness (QED) is 0.523. The van der Waals surface area contributed by atoms with E-state index in [1.54, 1.807) is 0 Å². The van der Waals surface area contributed by atoms with E-state index in [-0.39, 0.29) is 0 Å². The molecular weight excluding hydrogens is 178 g/mol. The molecule has 0 saturated carbocycles. The highest BCUT2D eigenvalue weighted by molar-refractivity contribution is 7.89. The minimum absolute atomic E-state index is 0.398. The molecule has 0 aliphatic rings. The highest BCUT2D eigenvalue weighted by Gasteiger charge is 2.02. The van der Waals surface area contributed by atoms with Gasteiger partial charge in [0.05, 0.1) is 6.26 Å². The molecule has 0 fully saturated rings. The summed E-state index contributed by atoms with van der Waals surface area (Å²) in [5.41, 5.74) is 0. The molecule has 0 bridgehead atoms. The van der Waals surface area contributed by atoms with Crippen molar-refractivity contribution in [1.29, 1.82) is 5.41 Å². The Kier molecular flexibility index (Phi) is 4.65. The summed E-state index contributed by atoms with van der Waals surface area (Å²) >= 11 is 0. The van der Waals surface area contributed by atoms with Gasteiger partial charge < -0.3 is 5.41 Å². The van der Waals surface area contributed by atoms with E-state index in [0.29, 0.717) is 6.42 Å². The maximum Gasteiger partial charge on any atom is 0.267 e. The zero-order valence-electron chi connectivity index (χ0n) is 7.19. The Morgan fingerprint density at radius 2 is 2.17 bits per heavy atom. The second kappa shape index (κ2) is 4.97. The number of nitrogens with zero attached hydrogens (tertiary/aromatic N) is 2. The second-order valence-electron chi connectivity index (χ2n) is 2.45. The predicted molar refractivity (Wildman–Crippen MR) is 47.2 cm³/mol. The Labute approximate surface area is 72.5 Å². The van der Waals surface area contributed by atoms with E-state index in [9.17, 15) is 8.42 Å². The van der Waals surface area contributed by atoms with Gasteiger partial charge in [-0.05, 0) is 6.42 Å². The molecule has 6 heteroatoms. The van der Waals surface area contributed by atoms with Crippen molar-refractivity contribution in [3.05, 3.63) is 0 Å². The SMILES string of the molecule is CCCC(C=N)N=NS(C)(=O)=O. The number of rotatable bonds is 5. The summed E-state index contributed by atoms with van der Waals surface area (Å²) in [5, 5.41) is 10.4. The van der Waals surface area contributed by atoms with E-state index in [4.69, 9.17) is 5.41 Å². The maximum atomic E-state index is 10.5. The van der Waals surface area contributed by atoms with Crippen molar-refractivity contribution in [3.63, 3.8) is 0 Å². The Bertz CT molecular complexity index is 258. The van der Waals surface area contributed by atoms with Gasteiger partial charge in [-0.25, -0.2) is 8.42 Å². The van der Waals surface area contributed by atoms with Crippen molar-refractivity contribution in [1.82, 2.24) is 0 Å². The largest absolute Gasteiger partial charge is 0.311 e. The Morgan fingerprint density at radius 3 is 2.50 bits per heavy atom. The minimum Gasteiger partial charge on any atom is -0.311 e. The first-order chi connectivity index (χ1) is 5.49. The third-order valence-corrected chi connectivity index (χ3v) is 1.51. The molecule has 0 aliphatic heterocycles.